The molecule has 0 heterocycles. The zero-order valence-electron chi connectivity index (χ0n) is 9.43. The van der Waals surface area contributed by atoms with Crippen LogP contribution in [0.1, 0.15) is 46.5 Å². The number of hydrogen-bond donors (Lipinski definition) is 0. The summed E-state index contributed by atoms with van der Waals surface area (Å²) in [5, 5.41) is 0. The Labute approximate surface area is 78.1 Å². The van der Waals surface area contributed by atoms with Crippen molar-refractivity contribution in [2.24, 2.45) is 5.92 Å². The number of nitrogens with zero attached hydrogens (tertiary/aromatic N) is 1. The van der Waals surface area contributed by atoms with Gasteiger partial charge in [0.1, 0.15) is 0 Å². The molecule has 0 aliphatic heterocycles. The first-order chi connectivity index (χ1) is 5.63. The van der Waals surface area contributed by atoms with Crippen LogP contribution in [0.15, 0.2) is 0 Å². The Hall–Kier alpha value is -0.0400. The van der Waals surface area contributed by atoms with E-state index >= 15 is 0 Å². The fourth-order valence-electron chi connectivity index (χ4n) is 1.99. The summed E-state index contributed by atoms with van der Waals surface area (Å²) in [6.45, 7) is 6.93. The van der Waals surface area contributed by atoms with Gasteiger partial charge in [-0.2, -0.15) is 0 Å². The van der Waals surface area contributed by atoms with Gasteiger partial charge in [0.25, 0.3) is 0 Å². The standard InChI is InChI=1S/C11H25N/c1-6-8-9-10(3)11(7-2)12(4)5/h10-11H,6-9H2,1-5H3. The summed E-state index contributed by atoms with van der Waals surface area (Å²) < 4.78 is 0. The summed E-state index contributed by atoms with van der Waals surface area (Å²) in [5.74, 6) is 0.852. The largest absolute Gasteiger partial charge is 0.306 e. The number of rotatable bonds is 6. The van der Waals surface area contributed by atoms with Crippen molar-refractivity contribution in [1.82, 2.24) is 4.90 Å². The average Bonchev–Trinajstić information content (AvgIpc) is 2.01. The van der Waals surface area contributed by atoms with Crippen LogP contribution in [0.5, 0.6) is 0 Å². The van der Waals surface area contributed by atoms with E-state index < -0.39 is 0 Å². The van der Waals surface area contributed by atoms with Crippen LogP contribution in [-0.2, 0) is 0 Å². The first-order valence-corrected chi connectivity index (χ1v) is 5.29. The Bertz CT molecular complexity index is 99.2. The molecular weight excluding hydrogens is 146 g/mol. The second-order valence-corrected chi connectivity index (χ2v) is 4.06. The molecule has 0 aromatic carbocycles. The first-order valence-electron chi connectivity index (χ1n) is 5.29. The summed E-state index contributed by atoms with van der Waals surface area (Å²) in [6.07, 6.45) is 5.37. The Kier molecular flexibility index (Phi) is 6.45. The van der Waals surface area contributed by atoms with Crippen molar-refractivity contribution in [3.63, 3.8) is 0 Å². The smallest absolute Gasteiger partial charge is 0.0112 e. The van der Waals surface area contributed by atoms with Crippen molar-refractivity contribution in [2.75, 3.05) is 14.1 Å². The third-order valence-electron chi connectivity index (χ3n) is 2.75. The zero-order chi connectivity index (χ0) is 9.56. The van der Waals surface area contributed by atoms with Gasteiger partial charge in [-0.05, 0) is 32.9 Å². The molecule has 0 radical (unpaired) electrons. The van der Waals surface area contributed by atoms with E-state index in [4.69, 9.17) is 0 Å². The van der Waals surface area contributed by atoms with Gasteiger partial charge in [-0.1, -0.05) is 33.6 Å². The SMILES string of the molecule is CCCCC(C)C(CC)N(C)C. The van der Waals surface area contributed by atoms with Gasteiger partial charge in [0, 0.05) is 6.04 Å². The van der Waals surface area contributed by atoms with Crippen LogP contribution in [0.3, 0.4) is 0 Å². The van der Waals surface area contributed by atoms with Crippen LogP contribution < -0.4 is 0 Å². The van der Waals surface area contributed by atoms with Crippen LogP contribution in [0.4, 0.5) is 0 Å². The fraction of sp³-hybridized carbons (Fsp3) is 1.00. The molecule has 0 fully saturated rings. The van der Waals surface area contributed by atoms with Gasteiger partial charge in [-0.25, -0.2) is 0 Å². The molecule has 0 saturated heterocycles. The normalized spacial score (nSPS) is 16.5. The second kappa shape index (κ2) is 6.47. The van der Waals surface area contributed by atoms with Crippen LogP contribution in [0.2, 0.25) is 0 Å². The monoisotopic (exact) mass is 171 g/mol. The first kappa shape index (κ1) is 12.0. The third kappa shape index (κ3) is 4.10. The van der Waals surface area contributed by atoms with Crippen LogP contribution in [-0.4, -0.2) is 25.0 Å². The van der Waals surface area contributed by atoms with Crippen LogP contribution in [0, 0.1) is 5.92 Å². The molecule has 0 aromatic rings. The van der Waals surface area contributed by atoms with Crippen molar-refractivity contribution >= 4 is 0 Å². The van der Waals surface area contributed by atoms with Gasteiger partial charge in [-0.3, -0.25) is 0 Å². The van der Waals surface area contributed by atoms with Crippen molar-refractivity contribution in [2.45, 2.75) is 52.5 Å². The lowest BCUT2D eigenvalue weighted by Gasteiger charge is -2.29. The maximum atomic E-state index is 2.38. The molecule has 0 aliphatic rings. The highest BCUT2D eigenvalue weighted by molar-refractivity contribution is 4.71. The molecule has 0 rings (SSSR count). The number of hydrogen-bond acceptors (Lipinski definition) is 1. The van der Waals surface area contributed by atoms with Crippen molar-refractivity contribution < 1.29 is 0 Å². The molecule has 2 atom stereocenters. The highest BCUT2D eigenvalue weighted by Crippen LogP contribution is 2.17. The predicted molar refractivity (Wildman–Crippen MR) is 56.5 cm³/mol. The van der Waals surface area contributed by atoms with Crippen molar-refractivity contribution in [1.29, 1.82) is 0 Å². The highest BCUT2D eigenvalue weighted by Gasteiger charge is 2.16. The molecule has 1 nitrogen and oxygen atoms in total. The van der Waals surface area contributed by atoms with Crippen LogP contribution in [0.25, 0.3) is 0 Å². The summed E-state index contributed by atoms with van der Waals surface area (Å²) in [6, 6.07) is 0.775. The molecule has 0 amide bonds. The van der Waals surface area contributed by atoms with Gasteiger partial charge < -0.3 is 4.90 Å². The summed E-state index contributed by atoms with van der Waals surface area (Å²) in [7, 11) is 4.38. The van der Waals surface area contributed by atoms with E-state index in [1.807, 2.05) is 0 Å². The molecule has 0 bridgehead atoms. The van der Waals surface area contributed by atoms with E-state index in [2.05, 4.69) is 39.8 Å². The van der Waals surface area contributed by atoms with Gasteiger partial charge >= 0.3 is 0 Å². The minimum Gasteiger partial charge on any atom is -0.306 e. The zero-order valence-corrected chi connectivity index (χ0v) is 9.43. The van der Waals surface area contributed by atoms with Crippen molar-refractivity contribution in [3.05, 3.63) is 0 Å². The molecule has 74 valence electrons. The lowest BCUT2D eigenvalue weighted by molar-refractivity contribution is 0.203. The summed E-state index contributed by atoms with van der Waals surface area (Å²) in [4.78, 5) is 2.36. The third-order valence-corrected chi connectivity index (χ3v) is 2.75. The van der Waals surface area contributed by atoms with E-state index in [9.17, 15) is 0 Å². The molecular formula is C11H25N. The Morgan fingerprint density at radius 1 is 1.17 bits per heavy atom. The molecule has 2 unspecified atom stereocenters. The molecule has 0 N–H and O–H groups in total. The van der Waals surface area contributed by atoms with Gasteiger partial charge in [-0.15, -0.1) is 0 Å². The molecule has 0 aromatic heterocycles. The van der Waals surface area contributed by atoms with E-state index in [0.717, 1.165) is 12.0 Å². The minimum absolute atomic E-state index is 0.775. The quantitative estimate of drug-likeness (QED) is 0.593. The molecule has 1 heteroatoms. The molecule has 12 heavy (non-hydrogen) atoms. The van der Waals surface area contributed by atoms with E-state index in [0.29, 0.717) is 0 Å². The van der Waals surface area contributed by atoms with E-state index in [1.165, 1.54) is 25.7 Å². The lowest BCUT2D eigenvalue weighted by Crippen LogP contribution is -2.33. The molecule has 0 aliphatic carbocycles. The van der Waals surface area contributed by atoms with Gasteiger partial charge in [0.2, 0.25) is 0 Å². The predicted octanol–water partition coefficient (Wildman–Crippen LogP) is 3.15. The summed E-state index contributed by atoms with van der Waals surface area (Å²) in [5.41, 5.74) is 0. The van der Waals surface area contributed by atoms with Crippen molar-refractivity contribution in [3.8, 4) is 0 Å². The van der Waals surface area contributed by atoms with Gasteiger partial charge in [0.15, 0.2) is 0 Å². The molecule has 0 spiro atoms. The Morgan fingerprint density at radius 3 is 2.08 bits per heavy atom. The maximum absolute atomic E-state index is 2.38. The molecule has 0 saturated carbocycles. The Balaban J connectivity index is 3.77. The van der Waals surface area contributed by atoms with E-state index in [-0.39, 0.29) is 0 Å². The minimum atomic E-state index is 0.775. The average molecular weight is 171 g/mol. The summed E-state index contributed by atoms with van der Waals surface area (Å²) >= 11 is 0. The highest BCUT2D eigenvalue weighted by atomic mass is 15.1. The lowest BCUT2D eigenvalue weighted by atomic mass is 9.93. The van der Waals surface area contributed by atoms with E-state index in [1.54, 1.807) is 0 Å². The van der Waals surface area contributed by atoms with Crippen LogP contribution >= 0.6 is 0 Å². The Morgan fingerprint density at radius 2 is 1.75 bits per heavy atom. The van der Waals surface area contributed by atoms with Gasteiger partial charge in [0.05, 0.1) is 0 Å². The fourth-order valence-corrected chi connectivity index (χ4v) is 1.99. The second-order valence-electron chi connectivity index (χ2n) is 4.06. The number of unbranched alkanes of at least 4 members (excludes halogenated alkanes) is 1. The maximum Gasteiger partial charge on any atom is 0.0112 e. The topological polar surface area (TPSA) is 3.24 Å².